The monoisotopic (exact) mass is 392 g/mol. The van der Waals surface area contributed by atoms with Gasteiger partial charge in [-0.2, -0.15) is 9.50 Å². The fraction of sp³-hybridized carbons (Fsp3) is 0.250. The molecule has 0 unspecified atom stereocenters. The van der Waals surface area contributed by atoms with E-state index >= 15 is 0 Å². The lowest BCUT2D eigenvalue weighted by atomic mass is 10.1. The number of halogens is 1. The van der Waals surface area contributed by atoms with Crippen molar-refractivity contribution in [2.45, 2.75) is 25.3 Å². The molecular formula is C20H17FN6O2. The first-order chi connectivity index (χ1) is 14.1. The Morgan fingerprint density at radius 1 is 1.14 bits per heavy atom. The van der Waals surface area contributed by atoms with Crippen LogP contribution in [0.2, 0.25) is 0 Å². The number of nitrogen functional groups attached to an aromatic ring is 1. The van der Waals surface area contributed by atoms with Gasteiger partial charge in [-0.3, -0.25) is 0 Å². The second-order valence-electron chi connectivity index (χ2n) is 7.36. The average Bonchev–Trinajstić information content (AvgIpc) is 3.22. The zero-order valence-electron chi connectivity index (χ0n) is 15.4. The number of fused-ring (bicyclic) bond motifs is 4. The average molecular weight is 392 g/mol. The van der Waals surface area contributed by atoms with Crippen LogP contribution >= 0.6 is 0 Å². The first-order valence-corrected chi connectivity index (χ1v) is 9.43. The maximum absolute atomic E-state index is 14.3. The third-order valence-corrected chi connectivity index (χ3v) is 5.16. The van der Waals surface area contributed by atoms with Gasteiger partial charge in [-0.25, -0.2) is 9.37 Å². The molecule has 29 heavy (non-hydrogen) atoms. The fourth-order valence-electron chi connectivity index (χ4n) is 3.68. The minimum atomic E-state index is -0.348. The van der Waals surface area contributed by atoms with Gasteiger partial charge in [-0.05, 0) is 36.6 Å². The number of aromatic nitrogens is 4. The summed E-state index contributed by atoms with van der Waals surface area (Å²) < 4.78 is 26.8. The van der Waals surface area contributed by atoms with Gasteiger partial charge in [0.2, 0.25) is 12.7 Å². The van der Waals surface area contributed by atoms with Crippen LogP contribution in [0.3, 0.4) is 0 Å². The molecule has 6 rings (SSSR count). The molecule has 0 bridgehead atoms. The Hall–Kier alpha value is -3.62. The zero-order chi connectivity index (χ0) is 19.5. The van der Waals surface area contributed by atoms with Crippen LogP contribution in [0, 0.1) is 5.82 Å². The maximum Gasteiger partial charge on any atom is 0.240 e. The van der Waals surface area contributed by atoms with Crippen LogP contribution in [0.15, 0.2) is 30.3 Å². The van der Waals surface area contributed by atoms with E-state index in [9.17, 15) is 4.39 Å². The van der Waals surface area contributed by atoms with Gasteiger partial charge in [-0.15, -0.1) is 5.10 Å². The zero-order valence-corrected chi connectivity index (χ0v) is 15.4. The van der Waals surface area contributed by atoms with Gasteiger partial charge in [0.1, 0.15) is 11.6 Å². The van der Waals surface area contributed by atoms with E-state index < -0.39 is 0 Å². The fourth-order valence-corrected chi connectivity index (χ4v) is 3.68. The molecule has 0 amide bonds. The lowest BCUT2D eigenvalue weighted by Gasteiger charge is -2.12. The Morgan fingerprint density at radius 2 is 2.00 bits per heavy atom. The molecule has 8 nitrogen and oxygen atoms in total. The summed E-state index contributed by atoms with van der Waals surface area (Å²) in [5, 5.41) is 8.42. The van der Waals surface area contributed by atoms with Crippen molar-refractivity contribution in [2.24, 2.45) is 0 Å². The Kier molecular flexibility index (Phi) is 3.35. The van der Waals surface area contributed by atoms with Crippen molar-refractivity contribution in [3.05, 3.63) is 47.5 Å². The maximum atomic E-state index is 14.3. The minimum absolute atomic E-state index is 0.146. The smallest absolute Gasteiger partial charge is 0.240 e. The van der Waals surface area contributed by atoms with E-state index in [0.717, 1.165) is 23.8 Å². The molecule has 0 radical (unpaired) electrons. The summed E-state index contributed by atoms with van der Waals surface area (Å²) in [6.45, 7) is 0.215. The summed E-state index contributed by atoms with van der Waals surface area (Å²) in [7, 11) is 0. The van der Waals surface area contributed by atoms with Crippen molar-refractivity contribution >= 4 is 28.2 Å². The Bertz CT molecular complexity index is 1280. The number of hydrogen-bond donors (Lipinski definition) is 2. The topological polar surface area (TPSA) is 99.6 Å². The number of rotatable bonds is 4. The highest BCUT2D eigenvalue weighted by atomic mass is 19.1. The molecule has 1 fully saturated rings. The van der Waals surface area contributed by atoms with E-state index in [1.165, 1.54) is 12.1 Å². The van der Waals surface area contributed by atoms with Gasteiger partial charge in [0, 0.05) is 18.5 Å². The van der Waals surface area contributed by atoms with Crippen LogP contribution in [0.25, 0.3) is 16.6 Å². The molecular weight excluding hydrogens is 375 g/mol. The highest BCUT2D eigenvalue weighted by molar-refractivity contribution is 6.02. The molecule has 9 heteroatoms. The van der Waals surface area contributed by atoms with Crippen LogP contribution in [0.4, 0.5) is 16.0 Å². The van der Waals surface area contributed by atoms with Crippen LogP contribution in [-0.2, 0) is 6.42 Å². The molecule has 2 aliphatic rings. The van der Waals surface area contributed by atoms with Gasteiger partial charge >= 0.3 is 0 Å². The lowest BCUT2D eigenvalue weighted by Crippen LogP contribution is -2.08. The van der Waals surface area contributed by atoms with Gasteiger partial charge in [0.15, 0.2) is 17.1 Å². The molecule has 0 spiro atoms. The van der Waals surface area contributed by atoms with Gasteiger partial charge in [0.25, 0.3) is 0 Å². The molecule has 146 valence electrons. The van der Waals surface area contributed by atoms with E-state index in [1.54, 1.807) is 4.52 Å². The number of nitrogens with two attached hydrogens (primary N) is 1. The van der Waals surface area contributed by atoms with Crippen molar-refractivity contribution in [3.8, 4) is 11.5 Å². The Balaban J connectivity index is 1.52. The standard InChI is InChI=1S/C20H17FN6O2/c21-11-7-13(23-12-2-3-12)18-14(8-11)24-17(27-19(18)25-20(22)26-27)6-10-1-4-15-16(5-10)29-9-28-15/h1,4-5,7-8,12,23H,2-3,6,9H2,(H2,22,26). The Morgan fingerprint density at radius 3 is 2.86 bits per heavy atom. The highest BCUT2D eigenvalue weighted by Crippen LogP contribution is 2.35. The van der Waals surface area contributed by atoms with E-state index in [2.05, 4.69) is 15.4 Å². The summed E-state index contributed by atoms with van der Waals surface area (Å²) in [6.07, 6.45) is 2.59. The number of anilines is 2. The first kappa shape index (κ1) is 16.3. The third-order valence-electron chi connectivity index (χ3n) is 5.16. The second kappa shape index (κ2) is 5.94. The lowest BCUT2D eigenvalue weighted by molar-refractivity contribution is 0.174. The molecule has 1 saturated carbocycles. The Labute approximate surface area is 164 Å². The van der Waals surface area contributed by atoms with E-state index in [1.807, 2.05) is 18.2 Å². The summed E-state index contributed by atoms with van der Waals surface area (Å²) in [5.74, 6) is 1.82. The van der Waals surface area contributed by atoms with Gasteiger partial charge in [-0.1, -0.05) is 6.07 Å². The molecule has 4 aromatic rings. The number of nitrogens with zero attached hydrogens (tertiary/aromatic N) is 4. The normalized spacial score (nSPS) is 15.3. The highest BCUT2D eigenvalue weighted by Gasteiger charge is 2.24. The van der Waals surface area contributed by atoms with Gasteiger partial charge < -0.3 is 20.5 Å². The number of nitrogens with one attached hydrogen (secondary N) is 1. The molecule has 2 aromatic carbocycles. The van der Waals surface area contributed by atoms with Crippen molar-refractivity contribution in [3.63, 3.8) is 0 Å². The van der Waals surface area contributed by atoms with E-state index in [0.29, 0.717) is 46.6 Å². The van der Waals surface area contributed by atoms with Crippen molar-refractivity contribution in [1.82, 2.24) is 19.6 Å². The van der Waals surface area contributed by atoms with Crippen LogP contribution in [0.5, 0.6) is 11.5 Å². The molecule has 3 N–H and O–H groups in total. The van der Waals surface area contributed by atoms with Crippen molar-refractivity contribution in [2.75, 3.05) is 17.8 Å². The van der Waals surface area contributed by atoms with Crippen molar-refractivity contribution in [1.29, 1.82) is 0 Å². The molecule has 0 atom stereocenters. The van der Waals surface area contributed by atoms with E-state index in [-0.39, 0.29) is 18.6 Å². The largest absolute Gasteiger partial charge is 0.454 e. The summed E-state index contributed by atoms with van der Waals surface area (Å²) in [5.41, 5.74) is 8.62. The van der Waals surface area contributed by atoms with Crippen LogP contribution < -0.4 is 20.5 Å². The second-order valence-corrected chi connectivity index (χ2v) is 7.36. The molecule has 2 aromatic heterocycles. The molecule has 1 aliphatic heterocycles. The first-order valence-electron chi connectivity index (χ1n) is 9.43. The predicted octanol–water partition coefficient (Wildman–Crippen LogP) is 2.89. The molecule has 0 saturated heterocycles. The minimum Gasteiger partial charge on any atom is -0.454 e. The summed E-state index contributed by atoms with van der Waals surface area (Å²) in [6, 6.07) is 8.96. The summed E-state index contributed by atoms with van der Waals surface area (Å²) in [4.78, 5) is 9.11. The third kappa shape index (κ3) is 2.77. The molecule has 1 aliphatic carbocycles. The quantitative estimate of drug-likeness (QED) is 0.551. The predicted molar refractivity (Wildman–Crippen MR) is 105 cm³/mol. The number of ether oxygens (including phenoxy) is 2. The van der Waals surface area contributed by atoms with E-state index in [4.69, 9.17) is 20.2 Å². The van der Waals surface area contributed by atoms with Crippen LogP contribution in [-0.4, -0.2) is 32.4 Å². The van der Waals surface area contributed by atoms with Crippen LogP contribution in [0.1, 0.15) is 24.2 Å². The molecule has 3 heterocycles. The SMILES string of the molecule is Nc1nc2c3c(NC4CC4)cc(F)cc3nc(Cc3ccc4c(c3)OCO4)n2n1. The van der Waals surface area contributed by atoms with Gasteiger partial charge in [0.05, 0.1) is 16.6 Å². The number of benzene rings is 2. The summed E-state index contributed by atoms with van der Waals surface area (Å²) >= 11 is 0. The van der Waals surface area contributed by atoms with Crippen molar-refractivity contribution < 1.29 is 13.9 Å². The number of hydrogen-bond acceptors (Lipinski definition) is 7.